The minimum atomic E-state index is -0.990. The molecule has 3 rings (SSSR count). The van der Waals surface area contributed by atoms with Gasteiger partial charge < -0.3 is 9.84 Å². The second-order valence-electron chi connectivity index (χ2n) is 4.51. The predicted octanol–water partition coefficient (Wildman–Crippen LogP) is 3.22. The second kappa shape index (κ2) is 5.20. The molecule has 5 nitrogen and oxygen atoms in total. The molecule has 1 aliphatic carbocycles. The van der Waals surface area contributed by atoms with Gasteiger partial charge in [0, 0.05) is 5.56 Å². The largest absolute Gasteiger partial charge is 0.478 e. The van der Waals surface area contributed by atoms with Crippen molar-refractivity contribution in [2.75, 3.05) is 0 Å². The number of nitrogens with zero attached hydrogens (tertiary/aromatic N) is 2. The van der Waals surface area contributed by atoms with Crippen molar-refractivity contribution in [2.24, 2.45) is 0 Å². The maximum atomic E-state index is 11.0. The highest BCUT2D eigenvalue weighted by Crippen LogP contribution is 2.34. The van der Waals surface area contributed by atoms with Crippen LogP contribution in [0.2, 0.25) is 0 Å². The van der Waals surface area contributed by atoms with Gasteiger partial charge in [0.15, 0.2) is 0 Å². The third-order valence-corrected chi connectivity index (χ3v) is 3.88. The van der Waals surface area contributed by atoms with Gasteiger partial charge in [0.1, 0.15) is 12.1 Å². The fourth-order valence-electron chi connectivity index (χ4n) is 2.24. The molecule has 0 aliphatic heterocycles. The van der Waals surface area contributed by atoms with E-state index < -0.39 is 5.97 Å². The van der Waals surface area contributed by atoms with E-state index in [0.29, 0.717) is 16.1 Å². The van der Waals surface area contributed by atoms with Crippen LogP contribution < -0.4 is 4.74 Å². The molecule has 0 atom stereocenters. The number of carboxylic acids is 1. The van der Waals surface area contributed by atoms with Crippen LogP contribution in [-0.2, 0) is 12.8 Å². The third-order valence-electron chi connectivity index (χ3n) is 3.22. The molecule has 0 spiro atoms. The summed E-state index contributed by atoms with van der Waals surface area (Å²) in [4.78, 5) is 19.4. The number of carbonyl (C=O) groups is 1. The second-order valence-corrected chi connectivity index (χ2v) is 5.36. The number of carboxylic acid groups (broad SMARTS) is 1. The molecule has 1 N–H and O–H groups in total. The Kier molecular flexibility index (Phi) is 3.40. The van der Waals surface area contributed by atoms with Crippen LogP contribution in [0.3, 0.4) is 0 Å². The number of rotatable bonds is 3. The Morgan fingerprint density at radius 2 is 2.15 bits per heavy atom. The number of fused-ring (bicyclic) bond motifs is 1. The fourth-order valence-corrected chi connectivity index (χ4v) is 2.56. The first kappa shape index (κ1) is 13.1. The number of halogens is 1. The van der Waals surface area contributed by atoms with Gasteiger partial charge in [-0.25, -0.2) is 14.8 Å². The molecule has 1 heterocycles. The quantitative estimate of drug-likeness (QED) is 0.932. The van der Waals surface area contributed by atoms with Crippen molar-refractivity contribution in [1.82, 2.24) is 9.97 Å². The first-order valence-electron chi connectivity index (χ1n) is 6.18. The third kappa shape index (κ3) is 2.38. The monoisotopic (exact) mass is 334 g/mol. The first-order valence-corrected chi connectivity index (χ1v) is 6.98. The summed E-state index contributed by atoms with van der Waals surface area (Å²) in [5.41, 5.74) is 2.20. The van der Waals surface area contributed by atoms with Crippen LogP contribution in [0.1, 0.15) is 28.0 Å². The summed E-state index contributed by atoms with van der Waals surface area (Å²) in [6.45, 7) is 0. The number of aromatic carboxylic acids is 1. The number of benzene rings is 1. The summed E-state index contributed by atoms with van der Waals surface area (Å²) in [7, 11) is 0. The van der Waals surface area contributed by atoms with Crippen molar-refractivity contribution in [3.05, 3.63) is 45.8 Å². The molecule has 2 aromatic rings. The Bertz CT molecular complexity index is 688. The van der Waals surface area contributed by atoms with E-state index in [0.717, 1.165) is 30.5 Å². The first-order chi connectivity index (χ1) is 9.65. The van der Waals surface area contributed by atoms with Crippen molar-refractivity contribution < 1.29 is 14.6 Å². The lowest BCUT2D eigenvalue weighted by Crippen LogP contribution is -2.00. The zero-order valence-electron chi connectivity index (χ0n) is 10.5. The smallest absolute Gasteiger partial charge is 0.335 e. The number of ether oxygens (including phenoxy) is 1. The van der Waals surface area contributed by atoms with Gasteiger partial charge in [-0.2, -0.15) is 0 Å². The van der Waals surface area contributed by atoms with Crippen LogP contribution >= 0.6 is 15.9 Å². The molecule has 0 radical (unpaired) electrons. The van der Waals surface area contributed by atoms with Gasteiger partial charge in [0.05, 0.1) is 15.7 Å². The molecule has 0 saturated heterocycles. The lowest BCUT2D eigenvalue weighted by atomic mass is 10.2. The molecule has 0 bridgehead atoms. The molecule has 0 saturated carbocycles. The van der Waals surface area contributed by atoms with E-state index in [1.807, 2.05) is 0 Å². The highest BCUT2D eigenvalue weighted by molar-refractivity contribution is 9.10. The van der Waals surface area contributed by atoms with Gasteiger partial charge in [-0.15, -0.1) is 0 Å². The Labute approximate surface area is 123 Å². The van der Waals surface area contributed by atoms with E-state index >= 15 is 0 Å². The standard InChI is InChI=1S/C14H11BrN2O3/c15-10-5-4-8(14(18)19)6-12(10)20-13-9-2-1-3-11(9)16-7-17-13/h4-7H,1-3H2,(H,18,19). The molecule has 1 aromatic heterocycles. The lowest BCUT2D eigenvalue weighted by Gasteiger charge is -2.10. The summed E-state index contributed by atoms with van der Waals surface area (Å²) in [5, 5.41) is 9.02. The Hall–Kier alpha value is -1.95. The van der Waals surface area contributed by atoms with Gasteiger partial charge in [0.25, 0.3) is 0 Å². The van der Waals surface area contributed by atoms with Crippen molar-refractivity contribution >= 4 is 21.9 Å². The zero-order valence-corrected chi connectivity index (χ0v) is 12.1. The van der Waals surface area contributed by atoms with E-state index in [1.165, 1.54) is 18.5 Å². The van der Waals surface area contributed by atoms with Crippen LogP contribution in [0.15, 0.2) is 29.0 Å². The summed E-state index contributed by atoms with van der Waals surface area (Å²) in [6, 6.07) is 4.65. The maximum Gasteiger partial charge on any atom is 0.335 e. The average molecular weight is 335 g/mol. The van der Waals surface area contributed by atoms with E-state index in [9.17, 15) is 4.79 Å². The fraction of sp³-hybridized carbons (Fsp3) is 0.214. The Morgan fingerprint density at radius 1 is 1.30 bits per heavy atom. The van der Waals surface area contributed by atoms with E-state index in [2.05, 4.69) is 25.9 Å². The molecule has 1 aromatic carbocycles. The Balaban J connectivity index is 1.98. The van der Waals surface area contributed by atoms with Crippen LogP contribution in [0, 0.1) is 0 Å². The van der Waals surface area contributed by atoms with Crippen LogP contribution in [0.5, 0.6) is 11.6 Å². The maximum absolute atomic E-state index is 11.0. The molecule has 1 aliphatic rings. The normalized spacial score (nSPS) is 13.1. The molecule has 102 valence electrons. The minimum Gasteiger partial charge on any atom is -0.478 e. The molecular formula is C14H11BrN2O3. The molecule has 0 unspecified atom stereocenters. The summed E-state index contributed by atoms with van der Waals surface area (Å²) < 4.78 is 6.47. The highest BCUT2D eigenvalue weighted by atomic mass is 79.9. The van der Waals surface area contributed by atoms with Gasteiger partial charge in [-0.3, -0.25) is 0 Å². The average Bonchev–Trinajstić information content (AvgIpc) is 2.90. The molecule has 6 heteroatoms. The van der Waals surface area contributed by atoms with Crippen molar-refractivity contribution in [2.45, 2.75) is 19.3 Å². The van der Waals surface area contributed by atoms with Crippen molar-refractivity contribution in [3.63, 3.8) is 0 Å². The predicted molar refractivity (Wildman–Crippen MR) is 75.2 cm³/mol. The van der Waals surface area contributed by atoms with Crippen LogP contribution in [0.4, 0.5) is 0 Å². The van der Waals surface area contributed by atoms with Crippen molar-refractivity contribution in [3.8, 4) is 11.6 Å². The highest BCUT2D eigenvalue weighted by Gasteiger charge is 2.19. The molecular weight excluding hydrogens is 324 g/mol. The zero-order chi connectivity index (χ0) is 14.1. The van der Waals surface area contributed by atoms with Crippen LogP contribution in [-0.4, -0.2) is 21.0 Å². The van der Waals surface area contributed by atoms with Gasteiger partial charge in [-0.05, 0) is 53.4 Å². The summed E-state index contributed by atoms with van der Waals surface area (Å²) in [5.74, 6) is -0.0382. The lowest BCUT2D eigenvalue weighted by molar-refractivity contribution is 0.0696. The number of hydrogen-bond acceptors (Lipinski definition) is 4. The number of aryl methyl sites for hydroxylation is 1. The van der Waals surface area contributed by atoms with Gasteiger partial charge in [-0.1, -0.05) is 0 Å². The van der Waals surface area contributed by atoms with E-state index in [-0.39, 0.29) is 5.56 Å². The molecule has 0 amide bonds. The molecule has 0 fully saturated rings. The van der Waals surface area contributed by atoms with Crippen LogP contribution in [0.25, 0.3) is 0 Å². The van der Waals surface area contributed by atoms with Gasteiger partial charge in [0.2, 0.25) is 5.88 Å². The van der Waals surface area contributed by atoms with E-state index in [4.69, 9.17) is 9.84 Å². The SMILES string of the molecule is O=C(O)c1ccc(Br)c(Oc2ncnc3c2CCC3)c1. The summed E-state index contributed by atoms with van der Waals surface area (Å²) in [6.07, 6.45) is 4.35. The van der Waals surface area contributed by atoms with E-state index in [1.54, 1.807) is 6.07 Å². The minimum absolute atomic E-state index is 0.175. The summed E-state index contributed by atoms with van der Waals surface area (Å²) >= 11 is 3.36. The number of hydrogen-bond donors (Lipinski definition) is 1. The topological polar surface area (TPSA) is 72.3 Å². The Morgan fingerprint density at radius 3 is 2.95 bits per heavy atom. The van der Waals surface area contributed by atoms with Gasteiger partial charge >= 0.3 is 5.97 Å². The molecule has 20 heavy (non-hydrogen) atoms. The number of aromatic nitrogens is 2. The van der Waals surface area contributed by atoms with Crippen molar-refractivity contribution in [1.29, 1.82) is 0 Å².